The molecule has 0 bridgehead atoms. The fourth-order valence-corrected chi connectivity index (χ4v) is 3.54. The number of nitrogens with zero attached hydrogens (tertiary/aromatic N) is 3. The highest BCUT2D eigenvalue weighted by atomic mass is 32.2. The number of aryl methyl sites for hydroxylation is 2. The van der Waals surface area contributed by atoms with E-state index in [2.05, 4.69) is 11.1 Å². The van der Waals surface area contributed by atoms with Gasteiger partial charge in [0, 0.05) is 12.7 Å². The number of hydrogen-bond acceptors (Lipinski definition) is 5. The predicted octanol–water partition coefficient (Wildman–Crippen LogP) is 3.82. The molecule has 5 nitrogen and oxygen atoms in total. The molecule has 0 saturated heterocycles. The topological polar surface area (TPSA) is 66.2 Å². The van der Waals surface area contributed by atoms with Crippen LogP contribution in [0.2, 0.25) is 0 Å². The van der Waals surface area contributed by atoms with Crippen LogP contribution in [-0.2, 0) is 4.79 Å². The average Bonchev–Trinajstić information content (AvgIpc) is 2.64. The number of thioether (sulfide) groups is 1. The zero-order chi connectivity index (χ0) is 20.0. The number of hydrogen-bond donors (Lipinski definition) is 0. The van der Waals surface area contributed by atoms with E-state index in [1.165, 1.54) is 11.8 Å². The maximum atomic E-state index is 12.4. The zero-order valence-corrected chi connectivity index (χ0v) is 17.3. The van der Waals surface area contributed by atoms with Crippen molar-refractivity contribution < 1.29 is 9.53 Å². The number of carbonyl (C=O) groups is 1. The number of likely N-dealkylation sites (N-methyl/N-ethyl adjacent to an activating group) is 1. The van der Waals surface area contributed by atoms with Crippen LogP contribution >= 0.6 is 11.8 Å². The minimum atomic E-state index is -0.0191. The van der Waals surface area contributed by atoms with Gasteiger partial charge in [0.2, 0.25) is 5.91 Å². The Morgan fingerprint density at radius 1 is 1.26 bits per heavy atom. The van der Waals surface area contributed by atoms with E-state index in [1.54, 1.807) is 11.9 Å². The monoisotopic (exact) mass is 383 g/mol. The van der Waals surface area contributed by atoms with Crippen molar-refractivity contribution in [2.45, 2.75) is 32.7 Å². The Hall–Kier alpha value is -2.52. The van der Waals surface area contributed by atoms with E-state index < -0.39 is 0 Å². The molecule has 0 fully saturated rings. The van der Waals surface area contributed by atoms with Gasteiger partial charge in [0.05, 0.1) is 17.9 Å². The summed E-state index contributed by atoms with van der Waals surface area (Å²) in [6, 6.07) is 10.0. The normalized spacial score (nSPS) is 10.4. The van der Waals surface area contributed by atoms with Gasteiger partial charge in [0.1, 0.15) is 23.5 Å². The fraction of sp³-hybridized carbons (Fsp3) is 0.381. The van der Waals surface area contributed by atoms with Gasteiger partial charge in [-0.2, -0.15) is 5.26 Å². The molecular formula is C21H25N3O2S. The first-order valence-corrected chi connectivity index (χ1v) is 9.76. The first-order chi connectivity index (χ1) is 12.8. The molecule has 142 valence electrons. The number of aromatic nitrogens is 1. The van der Waals surface area contributed by atoms with E-state index in [9.17, 15) is 10.1 Å². The number of pyridine rings is 1. The lowest BCUT2D eigenvalue weighted by molar-refractivity contribution is -0.127. The fourth-order valence-electron chi connectivity index (χ4n) is 2.52. The summed E-state index contributed by atoms with van der Waals surface area (Å²) in [5.74, 6) is 1.03. The molecule has 0 atom stereocenters. The molecule has 27 heavy (non-hydrogen) atoms. The SMILES string of the molecule is Cc1cccc(OCCN(C)C(=O)CSc2nc(C)c(C)c(C)c2C#N)c1. The Morgan fingerprint density at radius 3 is 2.67 bits per heavy atom. The van der Waals surface area contributed by atoms with Gasteiger partial charge in [-0.3, -0.25) is 4.79 Å². The number of rotatable bonds is 7. The van der Waals surface area contributed by atoms with E-state index in [0.717, 1.165) is 28.1 Å². The standard InChI is InChI=1S/C21H25N3O2S/c1-14-7-6-8-18(11-14)26-10-9-24(5)20(25)13-27-21-19(12-22)16(3)15(2)17(4)23-21/h6-8,11H,9-10,13H2,1-5H3. The lowest BCUT2D eigenvalue weighted by Crippen LogP contribution is -2.32. The van der Waals surface area contributed by atoms with Crippen molar-refractivity contribution in [3.05, 3.63) is 52.2 Å². The van der Waals surface area contributed by atoms with E-state index in [0.29, 0.717) is 23.7 Å². The quantitative estimate of drug-likeness (QED) is 0.680. The minimum Gasteiger partial charge on any atom is -0.492 e. The summed E-state index contributed by atoms with van der Waals surface area (Å²) in [6.45, 7) is 8.74. The Labute approximate surface area is 165 Å². The molecule has 0 aliphatic rings. The molecule has 0 spiro atoms. The van der Waals surface area contributed by atoms with E-state index >= 15 is 0 Å². The molecule has 1 aromatic carbocycles. The smallest absolute Gasteiger partial charge is 0.232 e. The number of ether oxygens (including phenoxy) is 1. The van der Waals surface area contributed by atoms with Crippen LogP contribution in [0.25, 0.3) is 0 Å². The van der Waals surface area contributed by atoms with Crippen LogP contribution in [0.15, 0.2) is 29.3 Å². The highest BCUT2D eigenvalue weighted by molar-refractivity contribution is 8.00. The van der Waals surface area contributed by atoms with Gasteiger partial charge in [-0.15, -0.1) is 0 Å². The van der Waals surface area contributed by atoms with Crippen molar-refractivity contribution in [2.75, 3.05) is 26.0 Å². The summed E-state index contributed by atoms with van der Waals surface area (Å²) in [6.07, 6.45) is 0. The van der Waals surface area contributed by atoms with Crippen molar-refractivity contribution in [3.63, 3.8) is 0 Å². The van der Waals surface area contributed by atoms with Crippen LogP contribution in [0.4, 0.5) is 0 Å². The molecule has 0 aliphatic carbocycles. The van der Waals surface area contributed by atoms with Crippen LogP contribution in [-0.4, -0.2) is 41.7 Å². The largest absolute Gasteiger partial charge is 0.492 e. The average molecular weight is 384 g/mol. The Morgan fingerprint density at radius 2 is 2.00 bits per heavy atom. The predicted molar refractivity (Wildman–Crippen MR) is 108 cm³/mol. The highest BCUT2D eigenvalue weighted by Crippen LogP contribution is 2.26. The van der Waals surface area contributed by atoms with Crippen LogP contribution < -0.4 is 4.74 Å². The Kier molecular flexibility index (Phi) is 7.26. The van der Waals surface area contributed by atoms with Crippen LogP contribution in [0.5, 0.6) is 5.75 Å². The highest BCUT2D eigenvalue weighted by Gasteiger charge is 2.16. The number of carbonyl (C=O) groups excluding carboxylic acids is 1. The van der Waals surface area contributed by atoms with Crippen LogP contribution in [0.3, 0.4) is 0 Å². The molecule has 2 aromatic rings. The second-order valence-electron chi connectivity index (χ2n) is 6.51. The van der Waals surface area contributed by atoms with Gasteiger partial charge in [-0.1, -0.05) is 23.9 Å². The third-order valence-corrected chi connectivity index (χ3v) is 5.48. The Bertz CT molecular complexity index is 874. The molecular weight excluding hydrogens is 358 g/mol. The molecule has 1 heterocycles. The van der Waals surface area contributed by atoms with E-state index in [1.807, 2.05) is 52.0 Å². The molecule has 0 N–H and O–H groups in total. The van der Waals surface area contributed by atoms with E-state index in [4.69, 9.17) is 4.74 Å². The summed E-state index contributed by atoms with van der Waals surface area (Å²) < 4.78 is 5.70. The van der Waals surface area contributed by atoms with Gasteiger partial charge in [-0.05, 0) is 56.5 Å². The van der Waals surface area contributed by atoms with Gasteiger partial charge in [0.15, 0.2) is 0 Å². The third kappa shape index (κ3) is 5.48. The molecule has 1 aromatic heterocycles. The molecule has 2 rings (SSSR count). The van der Waals surface area contributed by atoms with Gasteiger partial charge in [-0.25, -0.2) is 4.98 Å². The summed E-state index contributed by atoms with van der Waals surface area (Å²) in [5.41, 5.74) is 4.54. The number of benzene rings is 1. The van der Waals surface area contributed by atoms with Crippen molar-refractivity contribution in [3.8, 4) is 11.8 Å². The summed E-state index contributed by atoms with van der Waals surface area (Å²) >= 11 is 1.31. The van der Waals surface area contributed by atoms with Crippen LogP contribution in [0.1, 0.15) is 27.9 Å². The lowest BCUT2D eigenvalue weighted by Gasteiger charge is -2.18. The first-order valence-electron chi connectivity index (χ1n) is 8.77. The van der Waals surface area contributed by atoms with Gasteiger partial charge in [0.25, 0.3) is 0 Å². The number of amides is 1. The molecule has 1 amide bonds. The molecule has 0 saturated carbocycles. The first kappa shape index (κ1) is 20.8. The van der Waals surface area contributed by atoms with Crippen molar-refractivity contribution in [2.24, 2.45) is 0 Å². The summed E-state index contributed by atoms with van der Waals surface area (Å²) in [5, 5.41) is 10.0. The second kappa shape index (κ2) is 9.43. The Balaban J connectivity index is 1.89. The summed E-state index contributed by atoms with van der Waals surface area (Å²) in [4.78, 5) is 18.5. The molecule has 0 aliphatic heterocycles. The van der Waals surface area contributed by atoms with Gasteiger partial charge < -0.3 is 9.64 Å². The van der Waals surface area contributed by atoms with Crippen molar-refractivity contribution in [1.29, 1.82) is 5.26 Å². The van der Waals surface area contributed by atoms with Crippen molar-refractivity contribution in [1.82, 2.24) is 9.88 Å². The summed E-state index contributed by atoms with van der Waals surface area (Å²) in [7, 11) is 1.76. The zero-order valence-electron chi connectivity index (χ0n) is 16.5. The lowest BCUT2D eigenvalue weighted by atomic mass is 10.1. The minimum absolute atomic E-state index is 0.0191. The van der Waals surface area contributed by atoms with E-state index in [-0.39, 0.29) is 11.7 Å². The maximum Gasteiger partial charge on any atom is 0.232 e. The third-order valence-electron chi connectivity index (χ3n) is 4.52. The van der Waals surface area contributed by atoms with Crippen molar-refractivity contribution >= 4 is 17.7 Å². The molecule has 0 unspecified atom stereocenters. The molecule has 6 heteroatoms. The van der Waals surface area contributed by atoms with Crippen LogP contribution in [0, 0.1) is 39.0 Å². The number of nitriles is 1. The maximum absolute atomic E-state index is 12.4. The second-order valence-corrected chi connectivity index (χ2v) is 7.47. The van der Waals surface area contributed by atoms with Gasteiger partial charge >= 0.3 is 0 Å². The molecule has 0 radical (unpaired) electrons.